The third-order valence-corrected chi connectivity index (χ3v) is 2.50. The smallest absolute Gasteiger partial charge is 0.251 e. The molecule has 2 rings (SSSR count). The number of carbonyl (C=O) groups is 1. The van der Waals surface area contributed by atoms with Crippen LogP contribution in [0.5, 0.6) is 0 Å². The van der Waals surface area contributed by atoms with Crippen LogP contribution in [0, 0.1) is 12.3 Å². The van der Waals surface area contributed by atoms with E-state index in [0.717, 1.165) is 16.3 Å². The van der Waals surface area contributed by atoms with E-state index in [9.17, 15) is 4.79 Å². The number of hydrogen-bond acceptors (Lipinski definition) is 1. The van der Waals surface area contributed by atoms with E-state index in [-0.39, 0.29) is 5.91 Å². The summed E-state index contributed by atoms with van der Waals surface area (Å²) < 4.78 is 0. The highest BCUT2D eigenvalue weighted by atomic mass is 16.1. The molecule has 0 aliphatic carbocycles. The van der Waals surface area contributed by atoms with Crippen molar-refractivity contribution >= 4 is 16.7 Å². The lowest BCUT2D eigenvalue weighted by Gasteiger charge is -2.03. The second-order valence-corrected chi connectivity index (χ2v) is 3.50. The fourth-order valence-corrected chi connectivity index (χ4v) is 1.62. The molecule has 0 radical (unpaired) electrons. The molecule has 0 saturated carbocycles. The SMILES string of the molecule is C#Cc1ccc2cc(C(=O)NC)ccc2c1. The van der Waals surface area contributed by atoms with Gasteiger partial charge in [0.15, 0.2) is 0 Å². The van der Waals surface area contributed by atoms with Crippen molar-refractivity contribution in [3.05, 3.63) is 47.5 Å². The van der Waals surface area contributed by atoms with Crippen molar-refractivity contribution in [1.29, 1.82) is 0 Å². The largest absolute Gasteiger partial charge is 0.355 e. The average Bonchev–Trinajstić information content (AvgIpc) is 2.36. The number of hydrogen-bond donors (Lipinski definition) is 1. The lowest BCUT2D eigenvalue weighted by Crippen LogP contribution is -2.17. The molecule has 1 N–H and O–H groups in total. The Morgan fingerprint density at radius 3 is 2.56 bits per heavy atom. The fraction of sp³-hybridized carbons (Fsp3) is 0.0714. The summed E-state index contributed by atoms with van der Waals surface area (Å²) >= 11 is 0. The van der Waals surface area contributed by atoms with Gasteiger partial charge in [-0.15, -0.1) is 6.42 Å². The molecule has 2 nitrogen and oxygen atoms in total. The summed E-state index contributed by atoms with van der Waals surface area (Å²) in [5.41, 5.74) is 1.50. The van der Waals surface area contributed by atoms with Crippen molar-refractivity contribution in [3.63, 3.8) is 0 Å². The summed E-state index contributed by atoms with van der Waals surface area (Å²) in [5.74, 6) is 2.51. The Morgan fingerprint density at radius 1 is 1.19 bits per heavy atom. The molecule has 2 aromatic carbocycles. The topological polar surface area (TPSA) is 29.1 Å². The normalized spacial score (nSPS) is 9.75. The highest BCUT2D eigenvalue weighted by molar-refractivity contribution is 5.98. The van der Waals surface area contributed by atoms with Crippen LogP contribution in [-0.2, 0) is 0 Å². The predicted molar refractivity (Wildman–Crippen MR) is 65.3 cm³/mol. The average molecular weight is 209 g/mol. The third kappa shape index (κ3) is 1.76. The molecule has 2 aromatic rings. The molecule has 0 fully saturated rings. The van der Waals surface area contributed by atoms with Crippen LogP contribution >= 0.6 is 0 Å². The Balaban J connectivity index is 2.57. The van der Waals surface area contributed by atoms with Gasteiger partial charge in [-0.25, -0.2) is 0 Å². The van der Waals surface area contributed by atoms with Gasteiger partial charge in [-0.3, -0.25) is 4.79 Å². The number of benzene rings is 2. The zero-order chi connectivity index (χ0) is 11.5. The van der Waals surface area contributed by atoms with Crippen LogP contribution in [0.1, 0.15) is 15.9 Å². The molecule has 0 spiro atoms. The number of carbonyl (C=O) groups excluding carboxylic acids is 1. The molecule has 0 atom stereocenters. The van der Waals surface area contributed by atoms with Gasteiger partial charge in [0.25, 0.3) is 5.91 Å². The molecule has 78 valence electrons. The predicted octanol–water partition coefficient (Wildman–Crippen LogP) is 2.18. The van der Waals surface area contributed by atoms with E-state index < -0.39 is 0 Å². The first-order valence-electron chi connectivity index (χ1n) is 4.97. The maximum Gasteiger partial charge on any atom is 0.251 e. The van der Waals surface area contributed by atoms with Crippen LogP contribution in [0.15, 0.2) is 36.4 Å². The van der Waals surface area contributed by atoms with Crippen LogP contribution in [0.3, 0.4) is 0 Å². The van der Waals surface area contributed by atoms with Crippen molar-refractivity contribution in [3.8, 4) is 12.3 Å². The molecule has 1 amide bonds. The van der Waals surface area contributed by atoms with Crippen LogP contribution in [-0.4, -0.2) is 13.0 Å². The van der Waals surface area contributed by atoms with Gasteiger partial charge in [-0.2, -0.15) is 0 Å². The van der Waals surface area contributed by atoms with E-state index in [4.69, 9.17) is 6.42 Å². The lowest BCUT2D eigenvalue weighted by molar-refractivity contribution is 0.0963. The number of terminal acetylenes is 1. The molecule has 0 aromatic heterocycles. The Bertz CT molecular complexity index is 593. The molecule has 2 heteroatoms. The first-order chi connectivity index (χ1) is 7.74. The number of rotatable bonds is 1. The van der Waals surface area contributed by atoms with Crippen molar-refractivity contribution in [2.24, 2.45) is 0 Å². The minimum atomic E-state index is -0.0806. The van der Waals surface area contributed by atoms with Gasteiger partial charge in [0.2, 0.25) is 0 Å². The Kier molecular flexibility index (Phi) is 2.61. The second-order valence-electron chi connectivity index (χ2n) is 3.50. The van der Waals surface area contributed by atoms with Crippen molar-refractivity contribution < 1.29 is 4.79 Å². The van der Waals surface area contributed by atoms with E-state index in [1.54, 1.807) is 13.1 Å². The van der Waals surface area contributed by atoms with Crippen LogP contribution in [0.25, 0.3) is 10.8 Å². The highest BCUT2D eigenvalue weighted by Gasteiger charge is 2.03. The van der Waals surface area contributed by atoms with Crippen molar-refractivity contribution in [2.75, 3.05) is 7.05 Å². The first kappa shape index (κ1) is 10.3. The van der Waals surface area contributed by atoms with Crippen LogP contribution in [0.4, 0.5) is 0 Å². The summed E-state index contributed by atoms with van der Waals surface area (Å²) in [6.07, 6.45) is 5.33. The van der Waals surface area contributed by atoms with Crippen molar-refractivity contribution in [2.45, 2.75) is 0 Å². The number of fused-ring (bicyclic) bond motifs is 1. The van der Waals surface area contributed by atoms with Gasteiger partial charge in [0.1, 0.15) is 0 Å². The minimum absolute atomic E-state index is 0.0806. The molecular formula is C14H11NO. The van der Waals surface area contributed by atoms with Crippen LogP contribution in [0.2, 0.25) is 0 Å². The maximum absolute atomic E-state index is 11.4. The summed E-state index contributed by atoms with van der Waals surface area (Å²) in [6.45, 7) is 0. The van der Waals surface area contributed by atoms with Gasteiger partial charge in [0, 0.05) is 18.2 Å². The van der Waals surface area contributed by atoms with Crippen LogP contribution < -0.4 is 5.32 Å². The molecular weight excluding hydrogens is 198 g/mol. The Hall–Kier alpha value is -2.27. The molecule has 16 heavy (non-hydrogen) atoms. The Labute approximate surface area is 94.3 Å². The molecule has 0 heterocycles. The van der Waals surface area contributed by atoms with Gasteiger partial charge in [-0.05, 0) is 35.0 Å². The molecule has 0 aliphatic rings. The van der Waals surface area contributed by atoms with E-state index in [2.05, 4.69) is 11.2 Å². The zero-order valence-corrected chi connectivity index (χ0v) is 8.95. The van der Waals surface area contributed by atoms with E-state index in [1.807, 2.05) is 30.3 Å². The molecule has 0 aliphatic heterocycles. The highest BCUT2D eigenvalue weighted by Crippen LogP contribution is 2.17. The summed E-state index contributed by atoms with van der Waals surface area (Å²) in [4.78, 5) is 11.4. The van der Waals surface area contributed by atoms with Crippen molar-refractivity contribution in [1.82, 2.24) is 5.32 Å². The minimum Gasteiger partial charge on any atom is -0.355 e. The maximum atomic E-state index is 11.4. The standard InChI is InChI=1S/C14H11NO/c1-3-10-4-5-12-9-13(14(16)15-2)7-6-11(12)8-10/h1,4-9H,2H3,(H,15,16). The summed E-state index contributed by atoms with van der Waals surface area (Å²) in [7, 11) is 1.62. The van der Waals surface area contributed by atoms with Gasteiger partial charge < -0.3 is 5.32 Å². The fourth-order valence-electron chi connectivity index (χ4n) is 1.62. The summed E-state index contributed by atoms with van der Waals surface area (Å²) in [5, 5.41) is 4.66. The monoisotopic (exact) mass is 209 g/mol. The molecule has 0 bridgehead atoms. The number of nitrogens with one attached hydrogen (secondary N) is 1. The quantitative estimate of drug-likeness (QED) is 0.716. The Morgan fingerprint density at radius 2 is 1.88 bits per heavy atom. The van der Waals surface area contributed by atoms with E-state index in [0.29, 0.717) is 5.56 Å². The number of amides is 1. The molecule has 0 saturated heterocycles. The van der Waals surface area contributed by atoms with Gasteiger partial charge >= 0.3 is 0 Å². The van der Waals surface area contributed by atoms with Gasteiger partial charge in [-0.1, -0.05) is 18.1 Å². The first-order valence-corrected chi connectivity index (χ1v) is 4.97. The third-order valence-electron chi connectivity index (χ3n) is 2.50. The zero-order valence-electron chi connectivity index (χ0n) is 8.95. The molecule has 0 unspecified atom stereocenters. The lowest BCUT2D eigenvalue weighted by atomic mass is 10.0. The van der Waals surface area contributed by atoms with E-state index in [1.165, 1.54) is 0 Å². The van der Waals surface area contributed by atoms with E-state index >= 15 is 0 Å². The summed E-state index contributed by atoms with van der Waals surface area (Å²) in [6, 6.07) is 11.3. The van der Waals surface area contributed by atoms with Gasteiger partial charge in [0.05, 0.1) is 0 Å². The second kappa shape index (κ2) is 4.08.